The van der Waals surface area contributed by atoms with Gasteiger partial charge in [0.2, 0.25) is 0 Å². The molecule has 2 heterocycles. The van der Waals surface area contributed by atoms with Gasteiger partial charge in [-0.2, -0.15) is 0 Å². The Morgan fingerprint density at radius 2 is 1.67 bits per heavy atom. The van der Waals surface area contributed by atoms with Crippen LogP contribution in [0.15, 0.2) is 66.9 Å². The van der Waals surface area contributed by atoms with Gasteiger partial charge in [0.25, 0.3) is 0 Å². The molecular weight excluding hydrogens is 264 g/mol. The van der Waals surface area contributed by atoms with Gasteiger partial charge in [0, 0.05) is 18.0 Å². The standard InChI is InChI=1S/C9H7N.C8H9NO2/c1-2-6-9-8(4-1)5-3-7-10-9;10-8-5-6-3-1-2-4-7(6)9(8)11/h1-7H;1-4,8,10-11H,5H2. The fourth-order valence-electron chi connectivity index (χ4n) is 2.37. The van der Waals surface area contributed by atoms with Gasteiger partial charge in [-0.05, 0) is 23.8 Å². The fraction of sp³-hybridized carbons (Fsp3) is 0.118. The molecule has 1 aliphatic rings. The highest BCUT2D eigenvalue weighted by molar-refractivity contribution is 5.77. The lowest BCUT2D eigenvalue weighted by atomic mass is 10.2. The summed E-state index contributed by atoms with van der Waals surface area (Å²) in [4.78, 5) is 4.18. The van der Waals surface area contributed by atoms with Crippen LogP contribution in [-0.4, -0.2) is 21.5 Å². The van der Waals surface area contributed by atoms with E-state index in [1.807, 2.05) is 48.7 Å². The third-order valence-electron chi connectivity index (χ3n) is 3.44. The molecule has 0 saturated carbocycles. The Morgan fingerprint density at radius 3 is 2.48 bits per heavy atom. The maximum Gasteiger partial charge on any atom is 0.155 e. The smallest absolute Gasteiger partial charge is 0.155 e. The molecule has 0 radical (unpaired) electrons. The first-order valence-corrected chi connectivity index (χ1v) is 6.79. The molecular formula is C17H16N2O2. The molecule has 2 aromatic carbocycles. The Labute approximate surface area is 122 Å². The van der Waals surface area contributed by atoms with Crippen molar-refractivity contribution < 1.29 is 10.3 Å². The van der Waals surface area contributed by atoms with Gasteiger partial charge in [0.15, 0.2) is 6.23 Å². The summed E-state index contributed by atoms with van der Waals surface area (Å²) in [7, 11) is 0. The van der Waals surface area contributed by atoms with Crippen LogP contribution in [0.3, 0.4) is 0 Å². The number of aliphatic hydroxyl groups is 1. The zero-order valence-electron chi connectivity index (χ0n) is 11.4. The van der Waals surface area contributed by atoms with Gasteiger partial charge >= 0.3 is 0 Å². The van der Waals surface area contributed by atoms with Crippen LogP contribution in [-0.2, 0) is 6.42 Å². The number of aliphatic hydroxyl groups excluding tert-OH is 1. The summed E-state index contributed by atoms with van der Waals surface area (Å²) in [6, 6.07) is 19.5. The van der Waals surface area contributed by atoms with E-state index in [1.54, 1.807) is 6.07 Å². The normalized spacial score (nSPS) is 16.3. The molecule has 0 aliphatic carbocycles. The minimum atomic E-state index is -0.771. The predicted octanol–water partition coefficient (Wildman–Crippen LogP) is 2.99. The lowest BCUT2D eigenvalue weighted by Gasteiger charge is -2.13. The van der Waals surface area contributed by atoms with Crippen LogP contribution < -0.4 is 5.06 Å². The quantitative estimate of drug-likeness (QED) is 0.664. The van der Waals surface area contributed by atoms with E-state index >= 15 is 0 Å². The molecule has 2 N–H and O–H groups in total. The van der Waals surface area contributed by atoms with Crippen molar-refractivity contribution in [3.8, 4) is 0 Å². The number of hydroxylamine groups is 1. The van der Waals surface area contributed by atoms with Crippen LogP contribution >= 0.6 is 0 Å². The highest BCUT2D eigenvalue weighted by Crippen LogP contribution is 2.28. The monoisotopic (exact) mass is 280 g/mol. The van der Waals surface area contributed by atoms with E-state index in [0.717, 1.165) is 16.1 Å². The van der Waals surface area contributed by atoms with Gasteiger partial charge in [0.1, 0.15) is 0 Å². The number of benzene rings is 2. The predicted molar refractivity (Wildman–Crippen MR) is 82.2 cm³/mol. The molecule has 1 atom stereocenters. The Morgan fingerprint density at radius 1 is 0.952 bits per heavy atom. The maximum absolute atomic E-state index is 9.23. The second kappa shape index (κ2) is 5.91. The van der Waals surface area contributed by atoms with E-state index in [-0.39, 0.29) is 0 Å². The van der Waals surface area contributed by atoms with Crippen molar-refractivity contribution >= 4 is 16.6 Å². The average Bonchev–Trinajstić information content (AvgIpc) is 2.83. The summed E-state index contributed by atoms with van der Waals surface area (Å²) in [5, 5.41) is 20.5. The Balaban J connectivity index is 0.000000126. The van der Waals surface area contributed by atoms with E-state index in [0.29, 0.717) is 12.1 Å². The third-order valence-corrected chi connectivity index (χ3v) is 3.44. The van der Waals surface area contributed by atoms with Crippen molar-refractivity contribution in [2.45, 2.75) is 12.6 Å². The summed E-state index contributed by atoms with van der Waals surface area (Å²) >= 11 is 0. The topological polar surface area (TPSA) is 56.6 Å². The molecule has 1 aliphatic heterocycles. The number of pyridine rings is 1. The van der Waals surface area contributed by atoms with Crippen LogP contribution in [0.1, 0.15) is 5.56 Å². The van der Waals surface area contributed by atoms with Crippen molar-refractivity contribution in [2.24, 2.45) is 0 Å². The van der Waals surface area contributed by atoms with Crippen molar-refractivity contribution in [3.63, 3.8) is 0 Å². The number of hydrogen-bond donors (Lipinski definition) is 2. The molecule has 0 fully saturated rings. The fourth-order valence-corrected chi connectivity index (χ4v) is 2.37. The Bertz CT molecular complexity index is 680. The molecule has 4 nitrogen and oxygen atoms in total. The van der Waals surface area contributed by atoms with Gasteiger partial charge in [-0.25, -0.2) is 5.06 Å². The van der Waals surface area contributed by atoms with Crippen LogP contribution in [0, 0.1) is 0 Å². The number of hydrogen-bond acceptors (Lipinski definition) is 4. The van der Waals surface area contributed by atoms with Crippen LogP contribution in [0.4, 0.5) is 5.69 Å². The van der Waals surface area contributed by atoms with E-state index in [4.69, 9.17) is 0 Å². The van der Waals surface area contributed by atoms with Crippen LogP contribution in [0.5, 0.6) is 0 Å². The SMILES string of the molecule is OC1Cc2ccccc2N1O.c1ccc2ncccc2c1. The molecule has 0 bridgehead atoms. The molecule has 4 heteroatoms. The summed E-state index contributed by atoms with van der Waals surface area (Å²) in [6.07, 6.45) is 1.54. The van der Waals surface area contributed by atoms with Crippen molar-refractivity contribution in [1.29, 1.82) is 0 Å². The number of nitrogens with zero attached hydrogens (tertiary/aromatic N) is 2. The zero-order chi connectivity index (χ0) is 14.7. The van der Waals surface area contributed by atoms with Crippen molar-refractivity contribution in [1.82, 2.24) is 4.98 Å². The first kappa shape index (κ1) is 13.5. The largest absolute Gasteiger partial charge is 0.371 e. The number of anilines is 1. The lowest BCUT2D eigenvalue weighted by Crippen LogP contribution is -2.27. The average molecular weight is 280 g/mol. The highest BCUT2D eigenvalue weighted by Gasteiger charge is 2.25. The van der Waals surface area contributed by atoms with E-state index < -0.39 is 6.23 Å². The zero-order valence-corrected chi connectivity index (χ0v) is 11.4. The van der Waals surface area contributed by atoms with Gasteiger partial charge in [-0.3, -0.25) is 10.2 Å². The summed E-state index contributed by atoms with van der Waals surface area (Å²) in [5.41, 5.74) is 2.76. The minimum absolute atomic E-state index is 0.507. The first-order chi connectivity index (χ1) is 10.3. The Hall–Kier alpha value is -2.43. The Kier molecular flexibility index (Phi) is 3.81. The van der Waals surface area contributed by atoms with Gasteiger partial charge in [-0.1, -0.05) is 42.5 Å². The highest BCUT2D eigenvalue weighted by atomic mass is 16.5. The molecule has 21 heavy (non-hydrogen) atoms. The number of fused-ring (bicyclic) bond motifs is 2. The minimum Gasteiger partial charge on any atom is -0.371 e. The van der Waals surface area contributed by atoms with Crippen molar-refractivity contribution in [3.05, 3.63) is 72.4 Å². The third kappa shape index (κ3) is 2.86. The van der Waals surface area contributed by atoms with E-state index in [9.17, 15) is 10.3 Å². The maximum atomic E-state index is 9.23. The molecule has 106 valence electrons. The number of aromatic nitrogens is 1. The summed E-state index contributed by atoms with van der Waals surface area (Å²) in [6.45, 7) is 0. The van der Waals surface area contributed by atoms with E-state index in [1.165, 1.54) is 5.39 Å². The molecule has 0 saturated heterocycles. The van der Waals surface area contributed by atoms with Gasteiger partial charge < -0.3 is 5.11 Å². The van der Waals surface area contributed by atoms with E-state index in [2.05, 4.69) is 17.1 Å². The van der Waals surface area contributed by atoms with Gasteiger partial charge in [0.05, 0.1) is 11.2 Å². The molecule has 1 unspecified atom stereocenters. The summed E-state index contributed by atoms with van der Waals surface area (Å²) < 4.78 is 0. The molecule has 1 aromatic heterocycles. The second-order valence-corrected chi connectivity index (χ2v) is 4.85. The molecule has 0 spiro atoms. The number of para-hydroxylation sites is 2. The van der Waals surface area contributed by atoms with Gasteiger partial charge in [-0.15, -0.1) is 0 Å². The van der Waals surface area contributed by atoms with Crippen LogP contribution in [0.25, 0.3) is 10.9 Å². The van der Waals surface area contributed by atoms with Crippen LogP contribution in [0.2, 0.25) is 0 Å². The summed E-state index contributed by atoms with van der Waals surface area (Å²) in [5.74, 6) is 0. The molecule has 3 aromatic rings. The molecule has 4 rings (SSSR count). The van der Waals surface area contributed by atoms with Crippen molar-refractivity contribution in [2.75, 3.05) is 5.06 Å². The lowest BCUT2D eigenvalue weighted by molar-refractivity contribution is 0.0779. The second-order valence-electron chi connectivity index (χ2n) is 4.85. The number of rotatable bonds is 0. The first-order valence-electron chi connectivity index (χ1n) is 6.79. The molecule has 0 amide bonds.